The van der Waals surface area contributed by atoms with E-state index in [0.29, 0.717) is 19.1 Å². The highest BCUT2D eigenvalue weighted by atomic mass is 127. The van der Waals surface area contributed by atoms with Gasteiger partial charge in [0.2, 0.25) is 0 Å². The summed E-state index contributed by atoms with van der Waals surface area (Å²) in [5.74, 6) is 1.95. The van der Waals surface area contributed by atoms with Crippen molar-refractivity contribution in [3.05, 3.63) is 23.9 Å². The van der Waals surface area contributed by atoms with Crippen LogP contribution >= 0.6 is 24.0 Å². The topological polar surface area (TPSA) is 89.9 Å². The fourth-order valence-electron chi connectivity index (χ4n) is 3.07. The quantitative estimate of drug-likeness (QED) is 0.293. The molecule has 0 aromatic carbocycles. The molecule has 1 aliphatic heterocycles. The number of piperidine rings is 1. The summed E-state index contributed by atoms with van der Waals surface area (Å²) in [5, 5.41) is 6.81. The van der Waals surface area contributed by atoms with Crippen molar-refractivity contribution >= 4 is 45.6 Å². The third kappa shape index (κ3) is 9.94. The maximum absolute atomic E-state index is 11.3. The number of halogens is 1. The zero-order chi connectivity index (χ0) is 20.6. The average Bonchev–Trinajstić information content (AvgIpc) is 2.65. The van der Waals surface area contributed by atoms with Crippen LogP contribution in [0.2, 0.25) is 0 Å². The normalized spacial score (nSPS) is 16.2. The van der Waals surface area contributed by atoms with Crippen molar-refractivity contribution in [3.8, 4) is 0 Å². The molecule has 1 saturated heterocycles. The molecule has 2 heterocycles. The Labute approximate surface area is 192 Å². The van der Waals surface area contributed by atoms with E-state index in [-0.39, 0.29) is 29.7 Å². The summed E-state index contributed by atoms with van der Waals surface area (Å²) in [4.78, 5) is 13.5. The highest BCUT2D eigenvalue weighted by Crippen LogP contribution is 2.11. The van der Waals surface area contributed by atoms with Crippen molar-refractivity contribution in [1.82, 2.24) is 20.5 Å². The van der Waals surface area contributed by atoms with Gasteiger partial charge >= 0.3 is 0 Å². The van der Waals surface area contributed by atoms with Gasteiger partial charge in [-0.3, -0.25) is 0 Å². The molecule has 8 nitrogen and oxygen atoms in total. The molecule has 0 aliphatic carbocycles. The number of hydrogen-bond donors (Lipinski definition) is 2. The van der Waals surface area contributed by atoms with Gasteiger partial charge in [0.05, 0.1) is 18.0 Å². The van der Waals surface area contributed by atoms with Gasteiger partial charge in [-0.15, -0.1) is 24.0 Å². The van der Waals surface area contributed by atoms with Crippen LogP contribution in [0.3, 0.4) is 0 Å². The van der Waals surface area contributed by atoms with Crippen molar-refractivity contribution < 1.29 is 8.42 Å². The molecule has 1 fully saturated rings. The van der Waals surface area contributed by atoms with Crippen LogP contribution in [-0.2, 0) is 16.4 Å². The fourth-order valence-corrected chi connectivity index (χ4v) is 3.66. The van der Waals surface area contributed by atoms with E-state index < -0.39 is 9.84 Å². The van der Waals surface area contributed by atoms with E-state index in [1.165, 1.54) is 6.26 Å². The number of pyridine rings is 1. The molecule has 2 rings (SSSR count). The molecule has 0 radical (unpaired) electrons. The van der Waals surface area contributed by atoms with Crippen LogP contribution < -0.4 is 15.5 Å². The lowest BCUT2D eigenvalue weighted by atomic mass is 10.1. The monoisotopic (exact) mass is 538 g/mol. The number of nitrogens with zero attached hydrogens (tertiary/aromatic N) is 4. The standard InChI is InChI=1S/C19H34N6O2S.HI/c1-5-20-19(21-15-17-7-6-8-18(22-17)24(2)3)23-16-9-11-25(12-10-16)13-14-28(4,26)27;/h6-8,16H,5,9-15H2,1-4H3,(H2,20,21,23);1H. The van der Waals surface area contributed by atoms with Gasteiger partial charge in [-0.2, -0.15) is 0 Å². The van der Waals surface area contributed by atoms with Crippen LogP contribution in [0.5, 0.6) is 0 Å². The van der Waals surface area contributed by atoms with Crippen LogP contribution in [0.4, 0.5) is 5.82 Å². The van der Waals surface area contributed by atoms with Crippen molar-refractivity contribution in [2.24, 2.45) is 4.99 Å². The molecule has 0 spiro atoms. The molecule has 0 bridgehead atoms. The summed E-state index contributed by atoms with van der Waals surface area (Å²) in [5.41, 5.74) is 0.930. The smallest absolute Gasteiger partial charge is 0.191 e. The van der Waals surface area contributed by atoms with Crippen LogP contribution in [0, 0.1) is 0 Å². The Morgan fingerprint density at radius 3 is 2.59 bits per heavy atom. The first-order valence-corrected chi connectivity index (χ1v) is 11.9. The number of aliphatic imine (C=N–C) groups is 1. The Bertz CT molecular complexity index is 749. The highest BCUT2D eigenvalue weighted by molar-refractivity contribution is 14.0. The lowest BCUT2D eigenvalue weighted by molar-refractivity contribution is 0.216. The van der Waals surface area contributed by atoms with Gasteiger partial charge in [-0.1, -0.05) is 6.07 Å². The van der Waals surface area contributed by atoms with E-state index in [2.05, 4.69) is 32.4 Å². The lowest BCUT2D eigenvalue weighted by Crippen LogP contribution is -2.49. The summed E-state index contributed by atoms with van der Waals surface area (Å²) >= 11 is 0. The molecular formula is C19H35IN6O2S. The molecule has 10 heteroatoms. The summed E-state index contributed by atoms with van der Waals surface area (Å²) in [6.45, 7) is 5.79. The Hall–Kier alpha value is -1.14. The van der Waals surface area contributed by atoms with E-state index >= 15 is 0 Å². The molecule has 1 aromatic heterocycles. The lowest BCUT2D eigenvalue weighted by Gasteiger charge is -2.32. The van der Waals surface area contributed by atoms with E-state index in [1.807, 2.05) is 37.2 Å². The average molecular weight is 539 g/mol. The van der Waals surface area contributed by atoms with Gasteiger partial charge < -0.3 is 20.4 Å². The van der Waals surface area contributed by atoms with Gasteiger partial charge in [0, 0.05) is 52.6 Å². The predicted octanol–water partition coefficient (Wildman–Crippen LogP) is 1.33. The van der Waals surface area contributed by atoms with Crippen LogP contribution in [0.25, 0.3) is 0 Å². The molecule has 0 atom stereocenters. The third-order valence-electron chi connectivity index (χ3n) is 4.70. The molecule has 1 aromatic rings. The second-order valence-corrected chi connectivity index (χ2v) is 9.73. The summed E-state index contributed by atoms with van der Waals surface area (Å²) < 4.78 is 22.7. The molecule has 2 N–H and O–H groups in total. The molecule has 29 heavy (non-hydrogen) atoms. The SMILES string of the molecule is CCNC(=NCc1cccc(N(C)C)n1)NC1CCN(CCS(C)(=O)=O)CC1.I. The number of sulfone groups is 1. The molecule has 166 valence electrons. The molecule has 1 aliphatic rings. The van der Waals surface area contributed by atoms with E-state index in [1.54, 1.807) is 0 Å². The Balaban J connectivity index is 0.00000420. The van der Waals surface area contributed by atoms with E-state index in [4.69, 9.17) is 0 Å². The van der Waals surface area contributed by atoms with Crippen molar-refractivity contribution in [2.45, 2.75) is 32.4 Å². The number of rotatable bonds is 8. The Morgan fingerprint density at radius 1 is 1.31 bits per heavy atom. The Kier molecular flexibility index (Phi) is 11.2. The Morgan fingerprint density at radius 2 is 2.00 bits per heavy atom. The minimum absolute atomic E-state index is 0. The number of guanidine groups is 1. The van der Waals surface area contributed by atoms with Crippen LogP contribution in [0.1, 0.15) is 25.5 Å². The van der Waals surface area contributed by atoms with Gasteiger partial charge in [0.15, 0.2) is 5.96 Å². The van der Waals surface area contributed by atoms with Crippen molar-refractivity contribution in [1.29, 1.82) is 0 Å². The molecule has 0 amide bonds. The van der Waals surface area contributed by atoms with Crippen LogP contribution in [0.15, 0.2) is 23.2 Å². The second kappa shape index (κ2) is 12.5. The van der Waals surface area contributed by atoms with Gasteiger partial charge in [-0.25, -0.2) is 18.4 Å². The first-order chi connectivity index (χ1) is 13.3. The second-order valence-electron chi connectivity index (χ2n) is 7.47. The largest absolute Gasteiger partial charge is 0.363 e. The summed E-state index contributed by atoms with van der Waals surface area (Å²) in [6.07, 6.45) is 3.24. The third-order valence-corrected chi connectivity index (χ3v) is 5.62. The number of hydrogen-bond acceptors (Lipinski definition) is 6. The molecule has 0 saturated carbocycles. The van der Waals surface area contributed by atoms with Crippen molar-refractivity contribution in [2.75, 3.05) is 57.2 Å². The maximum Gasteiger partial charge on any atom is 0.191 e. The minimum Gasteiger partial charge on any atom is -0.363 e. The molecular weight excluding hydrogens is 503 g/mol. The predicted molar refractivity (Wildman–Crippen MR) is 131 cm³/mol. The first kappa shape index (κ1) is 25.9. The summed E-state index contributed by atoms with van der Waals surface area (Å²) in [6, 6.07) is 6.31. The van der Waals surface area contributed by atoms with Gasteiger partial charge in [0.25, 0.3) is 0 Å². The van der Waals surface area contributed by atoms with E-state index in [9.17, 15) is 8.42 Å². The zero-order valence-corrected chi connectivity index (χ0v) is 21.0. The number of nitrogens with one attached hydrogen (secondary N) is 2. The van der Waals surface area contributed by atoms with Crippen LogP contribution in [-0.4, -0.2) is 82.6 Å². The van der Waals surface area contributed by atoms with Gasteiger partial charge in [-0.05, 0) is 31.9 Å². The highest BCUT2D eigenvalue weighted by Gasteiger charge is 2.20. The fraction of sp³-hybridized carbons (Fsp3) is 0.684. The number of anilines is 1. The van der Waals surface area contributed by atoms with E-state index in [0.717, 1.165) is 49.9 Å². The number of aromatic nitrogens is 1. The minimum atomic E-state index is -2.90. The summed E-state index contributed by atoms with van der Waals surface area (Å²) in [7, 11) is 1.05. The molecule has 0 unspecified atom stereocenters. The zero-order valence-electron chi connectivity index (χ0n) is 17.9. The number of likely N-dealkylation sites (tertiary alicyclic amines) is 1. The van der Waals surface area contributed by atoms with Gasteiger partial charge in [0.1, 0.15) is 15.7 Å². The first-order valence-electron chi connectivity index (χ1n) is 9.85. The maximum atomic E-state index is 11.3. The van der Waals surface area contributed by atoms with Crippen molar-refractivity contribution in [3.63, 3.8) is 0 Å².